The van der Waals surface area contributed by atoms with Gasteiger partial charge >= 0.3 is 0 Å². The molecule has 1 N–H and O–H groups in total. The van der Waals surface area contributed by atoms with Gasteiger partial charge in [0.2, 0.25) is 0 Å². The molecule has 0 radical (unpaired) electrons. The highest BCUT2D eigenvalue weighted by Crippen LogP contribution is 2.25. The fourth-order valence-electron chi connectivity index (χ4n) is 1.88. The second kappa shape index (κ2) is 5.51. The number of ether oxygens (including phenoxy) is 1. The molecule has 1 aromatic rings. The van der Waals surface area contributed by atoms with E-state index in [9.17, 15) is 0 Å². The van der Waals surface area contributed by atoms with Crippen molar-refractivity contribution in [3.63, 3.8) is 0 Å². The van der Waals surface area contributed by atoms with Gasteiger partial charge in [-0.05, 0) is 43.1 Å². The lowest BCUT2D eigenvalue weighted by Gasteiger charge is -2.15. The van der Waals surface area contributed by atoms with Gasteiger partial charge in [0.15, 0.2) is 0 Å². The van der Waals surface area contributed by atoms with Crippen molar-refractivity contribution in [2.24, 2.45) is 0 Å². The Hall–Kier alpha value is -0.800. The van der Waals surface area contributed by atoms with Gasteiger partial charge in [0, 0.05) is 11.0 Å². The summed E-state index contributed by atoms with van der Waals surface area (Å²) < 4.78 is 6.35. The number of benzene rings is 1. The maximum absolute atomic E-state index is 5.23. The molecular formula is C13H16BrNO. The number of hydrogen-bond donors (Lipinski definition) is 1. The van der Waals surface area contributed by atoms with Crippen LogP contribution in [0, 0.1) is 0 Å². The van der Waals surface area contributed by atoms with E-state index >= 15 is 0 Å². The Kier molecular flexibility index (Phi) is 4.02. The Morgan fingerprint density at radius 2 is 2.31 bits per heavy atom. The summed E-state index contributed by atoms with van der Waals surface area (Å²) in [6.45, 7) is 2.14. The minimum absolute atomic E-state index is 0.902. The summed E-state index contributed by atoms with van der Waals surface area (Å²) in [5.74, 6) is 0.902. The largest absolute Gasteiger partial charge is 0.497 e. The van der Waals surface area contributed by atoms with Gasteiger partial charge in [-0.1, -0.05) is 27.6 Å². The molecule has 0 amide bonds. The Labute approximate surface area is 105 Å². The van der Waals surface area contributed by atoms with E-state index in [2.05, 4.69) is 33.4 Å². The van der Waals surface area contributed by atoms with Gasteiger partial charge in [-0.3, -0.25) is 0 Å². The van der Waals surface area contributed by atoms with Crippen LogP contribution >= 0.6 is 15.9 Å². The van der Waals surface area contributed by atoms with Gasteiger partial charge in [-0.25, -0.2) is 0 Å². The second-order valence-electron chi connectivity index (χ2n) is 3.97. The molecule has 16 heavy (non-hydrogen) atoms. The van der Waals surface area contributed by atoms with E-state index in [0.717, 1.165) is 23.3 Å². The smallest absolute Gasteiger partial charge is 0.119 e. The summed E-state index contributed by atoms with van der Waals surface area (Å²) in [6.07, 6.45) is 4.67. The number of methoxy groups -OCH3 is 1. The number of rotatable bonds is 2. The fourth-order valence-corrected chi connectivity index (χ4v) is 2.24. The van der Waals surface area contributed by atoms with E-state index in [4.69, 9.17) is 4.74 Å². The first kappa shape index (κ1) is 11.7. The van der Waals surface area contributed by atoms with Gasteiger partial charge < -0.3 is 10.1 Å². The van der Waals surface area contributed by atoms with Crippen molar-refractivity contribution in [1.82, 2.24) is 5.32 Å². The summed E-state index contributed by atoms with van der Waals surface area (Å²) in [5, 5.41) is 3.39. The third kappa shape index (κ3) is 2.86. The van der Waals surface area contributed by atoms with E-state index in [-0.39, 0.29) is 0 Å². The molecule has 1 fully saturated rings. The molecule has 1 saturated heterocycles. The van der Waals surface area contributed by atoms with Crippen LogP contribution in [0.4, 0.5) is 0 Å². The second-order valence-corrected chi connectivity index (χ2v) is 4.82. The highest BCUT2D eigenvalue weighted by atomic mass is 79.9. The number of nitrogens with one attached hydrogen (secondary N) is 1. The highest BCUT2D eigenvalue weighted by Gasteiger charge is 2.06. The molecule has 0 bridgehead atoms. The van der Waals surface area contributed by atoms with Crippen LogP contribution in [-0.2, 0) is 0 Å². The minimum Gasteiger partial charge on any atom is -0.497 e. The van der Waals surface area contributed by atoms with E-state index in [1.165, 1.54) is 24.0 Å². The van der Waals surface area contributed by atoms with Gasteiger partial charge in [-0.2, -0.15) is 0 Å². The fraction of sp³-hybridized carbons (Fsp3) is 0.385. The summed E-state index contributed by atoms with van der Waals surface area (Å²) >= 11 is 3.57. The van der Waals surface area contributed by atoms with Crippen LogP contribution in [-0.4, -0.2) is 20.2 Å². The van der Waals surface area contributed by atoms with Crippen molar-refractivity contribution < 1.29 is 4.74 Å². The van der Waals surface area contributed by atoms with E-state index in [1.807, 2.05) is 12.1 Å². The lowest BCUT2D eigenvalue weighted by atomic mass is 10.0. The molecular weight excluding hydrogens is 266 g/mol. The normalized spacial score (nSPS) is 18.8. The average Bonchev–Trinajstić information content (AvgIpc) is 2.33. The van der Waals surface area contributed by atoms with Crippen LogP contribution < -0.4 is 10.1 Å². The number of hydrogen-bond acceptors (Lipinski definition) is 2. The molecule has 0 atom stereocenters. The average molecular weight is 282 g/mol. The predicted octanol–water partition coefficient (Wildman–Crippen LogP) is 3.22. The van der Waals surface area contributed by atoms with Gasteiger partial charge in [-0.15, -0.1) is 0 Å². The minimum atomic E-state index is 0.902. The van der Waals surface area contributed by atoms with Crippen LogP contribution in [0.5, 0.6) is 5.75 Å². The van der Waals surface area contributed by atoms with Crippen molar-refractivity contribution in [3.8, 4) is 5.75 Å². The molecule has 0 unspecified atom stereocenters. The lowest BCUT2D eigenvalue weighted by molar-refractivity contribution is 0.414. The molecule has 3 heteroatoms. The zero-order chi connectivity index (χ0) is 11.4. The zero-order valence-corrected chi connectivity index (χ0v) is 11.0. The summed E-state index contributed by atoms with van der Waals surface area (Å²) in [4.78, 5) is 0. The van der Waals surface area contributed by atoms with Crippen LogP contribution in [0.15, 0.2) is 28.2 Å². The van der Waals surface area contributed by atoms with Crippen LogP contribution in [0.3, 0.4) is 0 Å². The van der Waals surface area contributed by atoms with Gasteiger partial charge in [0.05, 0.1) is 7.11 Å². The van der Waals surface area contributed by atoms with Crippen molar-refractivity contribution in [2.45, 2.75) is 12.8 Å². The quantitative estimate of drug-likeness (QED) is 0.899. The molecule has 0 saturated carbocycles. The van der Waals surface area contributed by atoms with E-state index in [1.54, 1.807) is 7.11 Å². The first-order chi connectivity index (χ1) is 7.79. The maximum Gasteiger partial charge on any atom is 0.119 e. The Balaban J connectivity index is 2.24. The third-order valence-corrected chi connectivity index (χ3v) is 3.49. The van der Waals surface area contributed by atoms with Gasteiger partial charge in [0.1, 0.15) is 5.75 Å². The molecule has 0 aliphatic carbocycles. The standard InChI is InChI=1S/C13H16BrNO/c1-16-12-4-5-13(14)11(8-12)7-10-3-2-6-15-9-10/h4-5,7-8,15H,2-3,6,9H2,1H3. The third-order valence-electron chi connectivity index (χ3n) is 2.77. The maximum atomic E-state index is 5.23. The van der Waals surface area contributed by atoms with E-state index < -0.39 is 0 Å². The number of piperidine rings is 1. The molecule has 0 aromatic heterocycles. The van der Waals surface area contributed by atoms with Crippen LogP contribution in [0.2, 0.25) is 0 Å². The predicted molar refractivity (Wildman–Crippen MR) is 70.8 cm³/mol. The molecule has 1 aliphatic heterocycles. The van der Waals surface area contributed by atoms with Crippen molar-refractivity contribution in [1.29, 1.82) is 0 Å². The van der Waals surface area contributed by atoms with Gasteiger partial charge in [0.25, 0.3) is 0 Å². The van der Waals surface area contributed by atoms with Crippen LogP contribution in [0.1, 0.15) is 18.4 Å². The van der Waals surface area contributed by atoms with Crippen molar-refractivity contribution >= 4 is 22.0 Å². The first-order valence-electron chi connectivity index (χ1n) is 5.53. The highest BCUT2D eigenvalue weighted by molar-refractivity contribution is 9.10. The molecule has 86 valence electrons. The molecule has 0 spiro atoms. The van der Waals surface area contributed by atoms with E-state index in [0.29, 0.717) is 0 Å². The summed E-state index contributed by atoms with van der Waals surface area (Å²) in [5.41, 5.74) is 2.65. The number of halogens is 1. The Morgan fingerprint density at radius 3 is 3.00 bits per heavy atom. The summed E-state index contributed by atoms with van der Waals surface area (Å²) in [6, 6.07) is 6.05. The molecule has 2 nitrogen and oxygen atoms in total. The lowest BCUT2D eigenvalue weighted by Crippen LogP contribution is -2.23. The topological polar surface area (TPSA) is 21.3 Å². The SMILES string of the molecule is COc1ccc(Br)c(C=C2CCCNC2)c1. The first-order valence-corrected chi connectivity index (χ1v) is 6.32. The summed E-state index contributed by atoms with van der Waals surface area (Å²) in [7, 11) is 1.70. The van der Waals surface area contributed by atoms with Crippen molar-refractivity contribution in [3.05, 3.63) is 33.8 Å². The molecule has 2 rings (SSSR count). The monoisotopic (exact) mass is 281 g/mol. The molecule has 1 aromatic carbocycles. The Morgan fingerprint density at radius 1 is 1.44 bits per heavy atom. The zero-order valence-electron chi connectivity index (χ0n) is 9.42. The van der Waals surface area contributed by atoms with Crippen molar-refractivity contribution in [2.75, 3.05) is 20.2 Å². The molecule has 1 aliphatic rings. The van der Waals surface area contributed by atoms with Crippen LogP contribution in [0.25, 0.3) is 6.08 Å². The molecule has 1 heterocycles. The Bertz CT molecular complexity index is 393.